The second-order valence-corrected chi connectivity index (χ2v) is 8.78. The fraction of sp³-hybridized carbons (Fsp3) is 0.481. The van der Waals surface area contributed by atoms with Crippen LogP contribution in [0.5, 0.6) is 0 Å². The van der Waals surface area contributed by atoms with Crippen molar-refractivity contribution < 1.29 is 14.3 Å². The molecular weight excluding hydrogens is 400 g/mol. The van der Waals surface area contributed by atoms with Gasteiger partial charge in [-0.3, -0.25) is 9.78 Å². The van der Waals surface area contributed by atoms with Crippen molar-refractivity contribution in [1.29, 1.82) is 0 Å². The molecule has 5 heteroatoms. The van der Waals surface area contributed by atoms with Crippen LogP contribution in [-0.2, 0) is 14.3 Å². The quantitative estimate of drug-likeness (QED) is 0.546. The predicted octanol–water partition coefficient (Wildman–Crippen LogP) is 5.59. The summed E-state index contributed by atoms with van der Waals surface area (Å²) in [5.74, 6) is 0.221. The number of ether oxygens (including phenoxy) is 2. The monoisotopic (exact) mass is 436 g/mol. The normalized spacial score (nSPS) is 20.9. The maximum atomic E-state index is 12.5. The predicted molar refractivity (Wildman–Crippen MR) is 129 cm³/mol. The first kappa shape index (κ1) is 24.0. The van der Waals surface area contributed by atoms with Gasteiger partial charge in [0.05, 0.1) is 12.3 Å². The summed E-state index contributed by atoms with van der Waals surface area (Å²) in [7, 11) is 0. The molecule has 1 amide bonds. The summed E-state index contributed by atoms with van der Waals surface area (Å²) >= 11 is 0. The lowest BCUT2D eigenvalue weighted by Gasteiger charge is -2.45. The van der Waals surface area contributed by atoms with Gasteiger partial charge < -0.3 is 14.4 Å². The van der Waals surface area contributed by atoms with Crippen molar-refractivity contribution in [3.05, 3.63) is 71.3 Å². The molecule has 1 aromatic rings. The molecule has 0 aliphatic carbocycles. The summed E-state index contributed by atoms with van der Waals surface area (Å²) in [6.07, 6.45) is 8.91. The number of rotatable bonds is 6. The van der Waals surface area contributed by atoms with Gasteiger partial charge in [-0.1, -0.05) is 40.0 Å². The molecule has 2 aliphatic rings. The zero-order valence-electron chi connectivity index (χ0n) is 19.9. The fourth-order valence-electron chi connectivity index (χ4n) is 4.07. The van der Waals surface area contributed by atoms with Gasteiger partial charge in [-0.05, 0) is 54.7 Å². The van der Waals surface area contributed by atoms with E-state index in [9.17, 15) is 4.79 Å². The maximum absolute atomic E-state index is 12.5. The highest BCUT2D eigenvalue weighted by molar-refractivity contribution is 5.78. The third-order valence-corrected chi connectivity index (χ3v) is 6.53. The summed E-state index contributed by atoms with van der Waals surface area (Å²) in [6.45, 7) is 18.3. The lowest BCUT2D eigenvalue weighted by Crippen LogP contribution is -2.52. The average molecular weight is 437 g/mol. The van der Waals surface area contributed by atoms with E-state index in [4.69, 9.17) is 9.47 Å². The van der Waals surface area contributed by atoms with Gasteiger partial charge in [0.15, 0.2) is 0 Å². The van der Waals surface area contributed by atoms with Crippen LogP contribution in [0.1, 0.15) is 57.7 Å². The molecule has 2 fully saturated rings. The van der Waals surface area contributed by atoms with Crippen molar-refractivity contribution in [2.75, 3.05) is 19.7 Å². The highest BCUT2D eigenvalue weighted by atomic mass is 16.7. The largest absolute Gasteiger partial charge is 0.462 e. The number of likely N-dealkylation sites (tertiary alicyclic amines) is 1. The van der Waals surface area contributed by atoms with Crippen LogP contribution in [0.25, 0.3) is 6.08 Å². The molecule has 0 aromatic carbocycles. The molecule has 0 N–H and O–H groups in total. The third kappa shape index (κ3) is 5.39. The molecule has 1 unspecified atom stereocenters. The van der Waals surface area contributed by atoms with Gasteiger partial charge in [0.2, 0.25) is 11.7 Å². The SMILES string of the molecule is C=C1OC2(CCN(C(=O)C(C)CC)CC2)OC/C1=C/C(=C)/C(=C/c1ncccc1C)CC. The number of hydrogen-bond acceptors (Lipinski definition) is 4. The van der Waals surface area contributed by atoms with E-state index >= 15 is 0 Å². The molecular formula is C27H36N2O3. The van der Waals surface area contributed by atoms with E-state index < -0.39 is 5.79 Å². The summed E-state index contributed by atoms with van der Waals surface area (Å²) in [5.41, 5.74) is 5.01. The lowest BCUT2D eigenvalue weighted by molar-refractivity contribution is -0.246. The van der Waals surface area contributed by atoms with Crippen molar-refractivity contribution in [2.24, 2.45) is 5.92 Å². The standard InChI is InChI=1S/C27H36N2O3/c1-7-19(3)26(30)29-14-11-27(12-15-29)31-18-24(22(6)32-27)16-21(5)23(8-2)17-25-20(4)10-9-13-28-25/h9-10,13,16-17,19H,5-8,11-12,14-15,18H2,1-4H3/b23-17+,24-16-. The minimum Gasteiger partial charge on any atom is -0.462 e. The lowest BCUT2D eigenvalue weighted by atomic mass is 9.97. The molecule has 32 heavy (non-hydrogen) atoms. The van der Waals surface area contributed by atoms with Gasteiger partial charge in [-0.2, -0.15) is 0 Å². The second kappa shape index (κ2) is 10.3. The van der Waals surface area contributed by atoms with E-state index in [0.29, 0.717) is 38.3 Å². The molecule has 5 nitrogen and oxygen atoms in total. The van der Waals surface area contributed by atoms with E-state index in [-0.39, 0.29) is 11.8 Å². The number of pyridine rings is 1. The average Bonchev–Trinajstić information content (AvgIpc) is 2.80. The fourth-order valence-corrected chi connectivity index (χ4v) is 4.07. The Hall–Kier alpha value is -2.66. The molecule has 3 heterocycles. The zero-order chi connectivity index (χ0) is 23.3. The van der Waals surface area contributed by atoms with Crippen molar-refractivity contribution >= 4 is 12.0 Å². The van der Waals surface area contributed by atoms with E-state index in [1.165, 1.54) is 0 Å². The van der Waals surface area contributed by atoms with Crippen molar-refractivity contribution in [1.82, 2.24) is 9.88 Å². The molecule has 0 saturated carbocycles. The number of carbonyl (C=O) groups is 1. The van der Waals surface area contributed by atoms with Crippen LogP contribution >= 0.6 is 0 Å². The Morgan fingerprint density at radius 3 is 2.66 bits per heavy atom. The number of piperidine rings is 1. The van der Waals surface area contributed by atoms with Gasteiger partial charge in [0, 0.05) is 43.6 Å². The number of hydrogen-bond donors (Lipinski definition) is 0. The van der Waals surface area contributed by atoms with Crippen LogP contribution in [0.3, 0.4) is 0 Å². The summed E-state index contributed by atoms with van der Waals surface area (Å²) in [4.78, 5) is 18.9. The van der Waals surface area contributed by atoms with E-state index in [1.807, 2.05) is 30.9 Å². The Labute approximate surface area is 192 Å². The number of aromatic nitrogens is 1. The van der Waals surface area contributed by atoms with E-state index in [0.717, 1.165) is 40.8 Å². The molecule has 3 rings (SSSR count). The number of carbonyl (C=O) groups excluding carboxylic acids is 1. The van der Waals surface area contributed by atoms with Gasteiger partial charge in [-0.25, -0.2) is 0 Å². The Morgan fingerprint density at radius 1 is 1.34 bits per heavy atom. The number of allylic oxidation sites excluding steroid dienone is 3. The highest BCUT2D eigenvalue weighted by Crippen LogP contribution is 2.37. The van der Waals surface area contributed by atoms with Crippen molar-refractivity contribution in [3.63, 3.8) is 0 Å². The summed E-state index contributed by atoms with van der Waals surface area (Å²) in [6, 6.07) is 4.00. The molecule has 1 atom stereocenters. The minimum absolute atomic E-state index is 0.0587. The van der Waals surface area contributed by atoms with Crippen molar-refractivity contribution in [3.8, 4) is 0 Å². The molecule has 0 bridgehead atoms. The smallest absolute Gasteiger partial charge is 0.225 e. The molecule has 1 aromatic heterocycles. The van der Waals surface area contributed by atoms with E-state index in [1.54, 1.807) is 6.20 Å². The summed E-state index contributed by atoms with van der Waals surface area (Å²) < 4.78 is 12.4. The van der Waals surface area contributed by atoms with Crippen LogP contribution in [-0.4, -0.2) is 41.3 Å². The first-order chi connectivity index (χ1) is 15.3. The number of aryl methyl sites for hydroxylation is 1. The Morgan fingerprint density at radius 2 is 2.06 bits per heavy atom. The van der Waals surface area contributed by atoms with E-state index in [2.05, 4.69) is 44.1 Å². The highest BCUT2D eigenvalue weighted by Gasteiger charge is 2.42. The molecule has 2 aliphatic heterocycles. The number of amides is 1. The van der Waals surface area contributed by atoms with Crippen LogP contribution < -0.4 is 0 Å². The maximum Gasteiger partial charge on any atom is 0.225 e. The molecule has 172 valence electrons. The van der Waals surface area contributed by atoms with Crippen LogP contribution in [0.2, 0.25) is 0 Å². The first-order valence-corrected chi connectivity index (χ1v) is 11.6. The zero-order valence-corrected chi connectivity index (χ0v) is 19.9. The second-order valence-electron chi connectivity index (χ2n) is 8.78. The Balaban J connectivity index is 1.65. The molecule has 0 radical (unpaired) electrons. The Bertz CT molecular complexity index is 936. The molecule has 1 spiro atoms. The van der Waals surface area contributed by atoms with Crippen LogP contribution in [0.4, 0.5) is 0 Å². The van der Waals surface area contributed by atoms with Gasteiger partial charge in [-0.15, -0.1) is 0 Å². The number of nitrogens with zero attached hydrogens (tertiary/aromatic N) is 2. The minimum atomic E-state index is -0.684. The summed E-state index contributed by atoms with van der Waals surface area (Å²) in [5, 5.41) is 0. The molecule has 2 saturated heterocycles. The van der Waals surface area contributed by atoms with Crippen LogP contribution in [0.15, 0.2) is 60.0 Å². The Kier molecular flexibility index (Phi) is 7.73. The van der Waals surface area contributed by atoms with Gasteiger partial charge in [0.25, 0.3) is 0 Å². The van der Waals surface area contributed by atoms with Gasteiger partial charge in [0.1, 0.15) is 5.76 Å². The van der Waals surface area contributed by atoms with Crippen LogP contribution in [0, 0.1) is 12.8 Å². The van der Waals surface area contributed by atoms with Crippen molar-refractivity contribution in [2.45, 2.75) is 59.2 Å². The van der Waals surface area contributed by atoms with Gasteiger partial charge >= 0.3 is 0 Å². The third-order valence-electron chi connectivity index (χ3n) is 6.53. The topological polar surface area (TPSA) is 51.7 Å². The first-order valence-electron chi connectivity index (χ1n) is 11.6.